The van der Waals surface area contributed by atoms with Crippen LogP contribution in [0.1, 0.15) is 53.4 Å². The molecule has 20 heavy (non-hydrogen) atoms. The Kier molecular flexibility index (Phi) is 7.28. The predicted molar refractivity (Wildman–Crippen MR) is 81.5 cm³/mol. The summed E-state index contributed by atoms with van der Waals surface area (Å²) >= 11 is 0. The number of hydrogen-bond donors (Lipinski definition) is 0. The first kappa shape index (κ1) is 17.2. The Hall–Kier alpha value is -0.830. The Labute approximate surface area is 123 Å². The molecule has 116 valence electrons. The molecule has 0 saturated heterocycles. The topological polar surface area (TPSA) is 35.5 Å². The normalized spacial score (nSPS) is 27.7. The fourth-order valence-electron chi connectivity index (χ4n) is 3.08. The van der Waals surface area contributed by atoms with Gasteiger partial charge in [0.1, 0.15) is 0 Å². The Morgan fingerprint density at radius 2 is 2.05 bits per heavy atom. The third-order valence-corrected chi connectivity index (χ3v) is 4.43. The highest BCUT2D eigenvalue weighted by molar-refractivity contribution is 5.88. The van der Waals surface area contributed by atoms with E-state index >= 15 is 0 Å². The summed E-state index contributed by atoms with van der Waals surface area (Å²) in [6, 6.07) is 0. The molecule has 0 aromatic rings. The van der Waals surface area contributed by atoms with Crippen LogP contribution in [0.4, 0.5) is 0 Å². The van der Waals surface area contributed by atoms with Gasteiger partial charge < -0.3 is 9.47 Å². The number of carbonyl (C=O) groups excluding carboxylic acids is 1. The highest BCUT2D eigenvalue weighted by Crippen LogP contribution is 2.35. The van der Waals surface area contributed by atoms with Gasteiger partial charge in [-0.25, -0.2) is 4.79 Å². The van der Waals surface area contributed by atoms with Crippen LogP contribution in [0.2, 0.25) is 0 Å². The number of ether oxygens (including phenoxy) is 2. The van der Waals surface area contributed by atoms with Crippen molar-refractivity contribution in [2.45, 2.75) is 59.5 Å². The smallest absolute Gasteiger partial charge is 0.333 e. The van der Waals surface area contributed by atoms with Crippen LogP contribution < -0.4 is 0 Å². The average Bonchev–Trinajstić information content (AvgIpc) is 2.42. The number of rotatable bonds is 6. The monoisotopic (exact) mass is 282 g/mol. The minimum Gasteiger partial charge on any atom is -0.466 e. The van der Waals surface area contributed by atoms with Crippen LogP contribution in [0, 0.1) is 17.8 Å². The van der Waals surface area contributed by atoms with Gasteiger partial charge in [0.2, 0.25) is 0 Å². The fraction of sp³-hybridized carbons (Fsp3) is 0.824. The lowest BCUT2D eigenvalue weighted by Crippen LogP contribution is -2.34. The summed E-state index contributed by atoms with van der Waals surface area (Å²) in [7, 11) is 1.42. The fourth-order valence-corrected chi connectivity index (χ4v) is 3.08. The summed E-state index contributed by atoms with van der Waals surface area (Å²) in [5.41, 5.74) is 0.706. The number of esters is 1. The summed E-state index contributed by atoms with van der Waals surface area (Å²) in [4.78, 5) is 11.5. The van der Waals surface area contributed by atoms with Gasteiger partial charge in [-0.3, -0.25) is 0 Å². The van der Waals surface area contributed by atoms with Crippen LogP contribution in [-0.4, -0.2) is 25.8 Å². The van der Waals surface area contributed by atoms with E-state index in [1.807, 2.05) is 13.0 Å². The highest BCUT2D eigenvalue weighted by Gasteiger charge is 2.31. The van der Waals surface area contributed by atoms with Crippen LogP contribution in [-0.2, 0) is 14.3 Å². The number of carbonyl (C=O) groups is 1. The predicted octanol–water partition coefficient (Wildman–Crippen LogP) is 3.97. The zero-order valence-electron chi connectivity index (χ0n) is 13.6. The molecule has 0 amide bonds. The van der Waals surface area contributed by atoms with Gasteiger partial charge in [-0.2, -0.15) is 0 Å². The standard InChI is InChI=1S/C17H30O3/c1-6-14(17(18)19-5)9-10-20-16-11-13(4)7-8-15(16)12(2)3/h9,12-13,15-16H,6-8,10-11H2,1-5H3. The van der Waals surface area contributed by atoms with Crippen LogP contribution in [0.3, 0.4) is 0 Å². The molecule has 0 heterocycles. The van der Waals surface area contributed by atoms with Gasteiger partial charge in [-0.1, -0.05) is 34.1 Å². The molecule has 0 aromatic heterocycles. The molecule has 0 spiro atoms. The van der Waals surface area contributed by atoms with E-state index in [1.54, 1.807) is 0 Å². The summed E-state index contributed by atoms with van der Waals surface area (Å²) in [6.07, 6.45) is 6.58. The molecule has 0 aliphatic heterocycles. The first-order chi connectivity index (χ1) is 9.49. The molecule has 3 atom stereocenters. The minimum absolute atomic E-state index is 0.242. The molecule has 1 aliphatic carbocycles. The third kappa shape index (κ3) is 4.93. The lowest BCUT2D eigenvalue weighted by atomic mass is 9.75. The van der Waals surface area contributed by atoms with Crippen LogP contribution in [0.25, 0.3) is 0 Å². The summed E-state index contributed by atoms with van der Waals surface area (Å²) in [6.45, 7) is 9.33. The van der Waals surface area contributed by atoms with Crippen molar-refractivity contribution < 1.29 is 14.3 Å². The van der Waals surface area contributed by atoms with Gasteiger partial charge >= 0.3 is 5.97 Å². The van der Waals surface area contributed by atoms with Crippen molar-refractivity contribution in [3.05, 3.63) is 11.6 Å². The maximum absolute atomic E-state index is 11.5. The van der Waals surface area contributed by atoms with Gasteiger partial charge in [-0.05, 0) is 43.1 Å². The van der Waals surface area contributed by atoms with E-state index in [0.29, 0.717) is 36.5 Å². The summed E-state index contributed by atoms with van der Waals surface area (Å²) in [5, 5.41) is 0. The lowest BCUT2D eigenvalue weighted by Gasteiger charge is -2.37. The van der Waals surface area contributed by atoms with Gasteiger partial charge in [0.05, 0.1) is 19.8 Å². The second-order valence-corrected chi connectivity index (χ2v) is 6.27. The molecular weight excluding hydrogens is 252 g/mol. The molecule has 1 fully saturated rings. The molecule has 0 N–H and O–H groups in total. The molecule has 0 bridgehead atoms. The molecule has 3 heteroatoms. The van der Waals surface area contributed by atoms with Gasteiger partial charge in [0.15, 0.2) is 0 Å². The molecule has 3 unspecified atom stereocenters. The molecule has 1 rings (SSSR count). The van der Waals surface area contributed by atoms with E-state index in [0.717, 1.165) is 12.3 Å². The average molecular weight is 282 g/mol. The van der Waals surface area contributed by atoms with Crippen molar-refractivity contribution in [3.63, 3.8) is 0 Å². The lowest BCUT2D eigenvalue weighted by molar-refractivity contribution is -0.136. The van der Waals surface area contributed by atoms with Crippen molar-refractivity contribution in [1.82, 2.24) is 0 Å². The first-order valence-electron chi connectivity index (χ1n) is 7.88. The van der Waals surface area contributed by atoms with Gasteiger partial charge in [-0.15, -0.1) is 0 Å². The molecular formula is C17H30O3. The quantitative estimate of drug-likeness (QED) is 0.546. The zero-order chi connectivity index (χ0) is 15.1. The Bertz CT molecular complexity index is 333. The zero-order valence-corrected chi connectivity index (χ0v) is 13.6. The van der Waals surface area contributed by atoms with Gasteiger partial charge in [0, 0.05) is 5.57 Å². The highest BCUT2D eigenvalue weighted by atomic mass is 16.5. The van der Waals surface area contributed by atoms with Crippen molar-refractivity contribution in [3.8, 4) is 0 Å². The molecule has 1 aliphatic rings. The number of hydrogen-bond acceptors (Lipinski definition) is 3. The van der Waals surface area contributed by atoms with E-state index in [-0.39, 0.29) is 5.97 Å². The molecule has 0 aromatic carbocycles. The van der Waals surface area contributed by atoms with Crippen molar-refractivity contribution in [2.75, 3.05) is 13.7 Å². The maximum atomic E-state index is 11.5. The van der Waals surface area contributed by atoms with Crippen LogP contribution in [0.5, 0.6) is 0 Å². The Morgan fingerprint density at radius 3 is 2.60 bits per heavy atom. The molecule has 1 saturated carbocycles. The summed E-state index contributed by atoms with van der Waals surface area (Å²) < 4.78 is 10.8. The van der Waals surface area contributed by atoms with Gasteiger partial charge in [0.25, 0.3) is 0 Å². The van der Waals surface area contributed by atoms with E-state index < -0.39 is 0 Å². The van der Waals surface area contributed by atoms with E-state index in [4.69, 9.17) is 9.47 Å². The summed E-state index contributed by atoms with van der Waals surface area (Å²) in [5.74, 6) is 1.80. The Morgan fingerprint density at radius 1 is 1.35 bits per heavy atom. The third-order valence-electron chi connectivity index (χ3n) is 4.43. The molecule has 3 nitrogen and oxygen atoms in total. The van der Waals surface area contributed by atoms with Crippen molar-refractivity contribution in [1.29, 1.82) is 0 Å². The van der Waals surface area contributed by atoms with Crippen molar-refractivity contribution >= 4 is 5.97 Å². The van der Waals surface area contributed by atoms with E-state index in [1.165, 1.54) is 20.0 Å². The van der Waals surface area contributed by atoms with E-state index in [9.17, 15) is 4.79 Å². The second kappa shape index (κ2) is 8.46. The SMILES string of the molecule is CCC(=CCOC1CC(C)CCC1C(C)C)C(=O)OC. The Balaban J connectivity index is 2.56. The minimum atomic E-state index is -0.242. The van der Waals surface area contributed by atoms with Crippen molar-refractivity contribution in [2.24, 2.45) is 17.8 Å². The maximum Gasteiger partial charge on any atom is 0.333 e. The van der Waals surface area contributed by atoms with Crippen LogP contribution >= 0.6 is 0 Å². The second-order valence-electron chi connectivity index (χ2n) is 6.27. The van der Waals surface area contributed by atoms with Crippen LogP contribution in [0.15, 0.2) is 11.6 Å². The molecule has 0 radical (unpaired) electrons. The number of methoxy groups -OCH3 is 1. The first-order valence-corrected chi connectivity index (χ1v) is 7.88. The largest absolute Gasteiger partial charge is 0.466 e. The van der Waals surface area contributed by atoms with E-state index in [2.05, 4.69) is 20.8 Å².